The van der Waals surface area contributed by atoms with Crippen molar-refractivity contribution in [3.63, 3.8) is 0 Å². The molecular formula is C12H22O3. The van der Waals surface area contributed by atoms with Crippen LogP contribution in [0, 0.1) is 11.3 Å². The topological polar surface area (TPSA) is 43.4 Å². The van der Waals surface area contributed by atoms with Gasteiger partial charge in [0.1, 0.15) is 12.4 Å². The van der Waals surface area contributed by atoms with E-state index in [9.17, 15) is 9.59 Å². The van der Waals surface area contributed by atoms with Crippen LogP contribution in [0.1, 0.15) is 47.5 Å². The normalized spacial score (nSPS) is 15.5. The van der Waals surface area contributed by atoms with Gasteiger partial charge in [0.2, 0.25) is 0 Å². The summed E-state index contributed by atoms with van der Waals surface area (Å²) in [5.74, 6) is -0.000645. The average Bonchev–Trinajstić information content (AvgIpc) is 2.00. The summed E-state index contributed by atoms with van der Waals surface area (Å²) in [6.45, 7) is 9.52. The van der Waals surface area contributed by atoms with Gasteiger partial charge >= 0.3 is 5.97 Å². The lowest BCUT2D eigenvalue weighted by atomic mass is 9.83. The van der Waals surface area contributed by atoms with Crippen molar-refractivity contribution in [1.29, 1.82) is 0 Å². The highest BCUT2D eigenvalue weighted by atomic mass is 16.5. The number of rotatable bonds is 5. The van der Waals surface area contributed by atoms with Crippen LogP contribution in [0.15, 0.2) is 0 Å². The largest absolute Gasteiger partial charge is 0.462 e. The third-order valence-electron chi connectivity index (χ3n) is 2.39. The van der Waals surface area contributed by atoms with Crippen molar-refractivity contribution in [2.75, 3.05) is 0 Å². The number of hydrogen-bond donors (Lipinski definition) is 0. The Balaban J connectivity index is 4.37. The lowest BCUT2D eigenvalue weighted by Gasteiger charge is -2.31. The molecule has 0 radical (unpaired) electrons. The number of aldehydes is 1. The molecule has 0 rings (SSSR count). The average molecular weight is 214 g/mol. The Hall–Kier alpha value is -0.860. The molecule has 0 fully saturated rings. The van der Waals surface area contributed by atoms with Crippen molar-refractivity contribution < 1.29 is 14.3 Å². The maximum Gasteiger partial charge on any atom is 0.302 e. The molecule has 3 nitrogen and oxygen atoms in total. The molecular weight excluding hydrogens is 192 g/mol. The first-order chi connectivity index (χ1) is 6.77. The van der Waals surface area contributed by atoms with Gasteiger partial charge in [0, 0.05) is 13.3 Å². The fraction of sp³-hybridized carbons (Fsp3) is 0.833. The summed E-state index contributed by atoms with van der Waals surface area (Å²) in [6, 6.07) is 0. The summed E-state index contributed by atoms with van der Waals surface area (Å²) in [5, 5.41) is 0. The number of ether oxygens (including phenoxy) is 1. The van der Waals surface area contributed by atoms with Crippen molar-refractivity contribution in [3.8, 4) is 0 Å². The molecule has 0 saturated carbocycles. The van der Waals surface area contributed by atoms with Gasteiger partial charge in [-0.1, -0.05) is 27.7 Å². The van der Waals surface area contributed by atoms with E-state index in [1.807, 2.05) is 27.7 Å². The SMILES string of the molecule is CC(=O)OC(CC(C)CC=O)C(C)(C)C. The molecule has 15 heavy (non-hydrogen) atoms. The predicted octanol–water partition coefficient (Wildman–Crippen LogP) is 2.58. The van der Waals surface area contributed by atoms with Crippen molar-refractivity contribution in [1.82, 2.24) is 0 Å². The van der Waals surface area contributed by atoms with Gasteiger partial charge in [-0.15, -0.1) is 0 Å². The second kappa shape index (κ2) is 5.89. The van der Waals surface area contributed by atoms with Gasteiger partial charge in [0.05, 0.1) is 0 Å². The monoisotopic (exact) mass is 214 g/mol. The van der Waals surface area contributed by atoms with Crippen LogP contribution in [-0.4, -0.2) is 18.4 Å². The quantitative estimate of drug-likeness (QED) is 0.522. The molecule has 0 aliphatic rings. The van der Waals surface area contributed by atoms with E-state index >= 15 is 0 Å². The van der Waals surface area contributed by atoms with E-state index in [2.05, 4.69) is 0 Å². The first-order valence-corrected chi connectivity index (χ1v) is 5.38. The molecule has 2 atom stereocenters. The van der Waals surface area contributed by atoms with Gasteiger partial charge < -0.3 is 9.53 Å². The maximum absolute atomic E-state index is 10.9. The molecule has 0 aromatic rings. The van der Waals surface area contributed by atoms with Crippen molar-refractivity contribution >= 4 is 12.3 Å². The highest BCUT2D eigenvalue weighted by Gasteiger charge is 2.28. The summed E-state index contributed by atoms with van der Waals surface area (Å²) in [7, 11) is 0. The zero-order chi connectivity index (χ0) is 12.1. The molecule has 0 heterocycles. The van der Waals surface area contributed by atoms with Crippen molar-refractivity contribution in [2.24, 2.45) is 11.3 Å². The van der Waals surface area contributed by atoms with Gasteiger partial charge in [0.15, 0.2) is 0 Å². The van der Waals surface area contributed by atoms with Crippen molar-refractivity contribution in [3.05, 3.63) is 0 Å². The second-order valence-electron chi connectivity index (χ2n) is 5.21. The Labute approximate surface area is 92.2 Å². The Kier molecular flexibility index (Phi) is 5.55. The zero-order valence-corrected chi connectivity index (χ0v) is 10.4. The lowest BCUT2D eigenvalue weighted by molar-refractivity contribution is -0.153. The van der Waals surface area contributed by atoms with Crippen molar-refractivity contribution in [2.45, 2.75) is 53.6 Å². The Morgan fingerprint density at radius 2 is 1.93 bits per heavy atom. The zero-order valence-electron chi connectivity index (χ0n) is 10.4. The van der Waals surface area contributed by atoms with Gasteiger partial charge in [-0.2, -0.15) is 0 Å². The molecule has 0 saturated heterocycles. The highest BCUT2D eigenvalue weighted by Crippen LogP contribution is 2.28. The summed E-state index contributed by atoms with van der Waals surface area (Å²) >= 11 is 0. The molecule has 0 aliphatic carbocycles. The van der Waals surface area contributed by atoms with Crippen LogP contribution in [0.3, 0.4) is 0 Å². The van der Waals surface area contributed by atoms with Crippen LogP contribution >= 0.6 is 0 Å². The summed E-state index contributed by atoms with van der Waals surface area (Å²) in [5.41, 5.74) is -0.0805. The molecule has 0 spiro atoms. The van der Waals surface area contributed by atoms with E-state index in [1.54, 1.807) is 0 Å². The van der Waals surface area contributed by atoms with E-state index in [4.69, 9.17) is 4.74 Å². The van der Waals surface area contributed by atoms with E-state index in [-0.39, 0.29) is 23.4 Å². The molecule has 0 bridgehead atoms. The van der Waals surface area contributed by atoms with Crippen LogP contribution in [0.25, 0.3) is 0 Å². The van der Waals surface area contributed by atoms with Gasteiger partial charge in [-0.25, -0.2) is 0 Å². The summed E-state index contributed by atoms with van der Waals surface area (Å²) in [4.78, 5) is 21.3. The second-order valence-corrected chi connectivity index (χ2v) is 5.21. The Bertz CT molecular complexity index is 215. The molecule has 0 amide bonds. The maximum atomic E-state index is 10.9. The van der Waals surface area contributed by atoms with Crippen LogP contribution in [0.4, 0.5) is 0 Å². The number of carbonyl (C=O) groups is 2. The van der Waals surface area contributed by atoms with Crippen LogP contribution in [0.5, 0.6) is 0 Å². The fourth-order valence-electron chi connectivity index (χ4n) is 1.40. The van der Waals surface area contributed by atoms with E-state index in [0.717, 1.165) is 12.7 Å². The van der Waals surface area contributed by atoms with Gasteiger partial charge in [-0.05, 0) is 17.8 Å². The van der Waals surface area contributed by atoms with Crippen LogP contribution in [-0.2, 0) is 14.3 Å². The summed E-state index contributed by atoms with van der Waals surface area (Å²) in [6.07, 6.45) is 2.05. The molecule has 88 valence electrons. The molecule has 0 N–H and O–H groups in total. The smallest absolute Gasteiger partial charge is 0.302 e. The molecule has 0 aromatic heterocycles. The number of carbonyl (C=O) groups excluding carboxylic acids is 2. The minimum atomic E-state index is -0.256. The first-order valence-electron chi connectivity index (χ1n) is 5.38. The Morgan fingerprint density at radius 3 is 2.27 bits per heavy atom. The third-order valence-corrected chi connectivity index (χ3v) is 2.39. The lowest BCUT2D eigenvalue weighted by Crippen LogP contribution is -2.32. The van der Waals surface area contributed by atoms with Gasteiger partial charge in [0.25, 0.3) is 0 Å². The predicted molar refractivity (Wildman–Crippen MR) is 59.5 cm³/mol. The minimum Gasteiger partial charge on any atom is -0.462 e. The molecule has 2 unspecified atom stereocenters. The fourth-order valence-corrected chi connectivity index (χ4v) is 1.40. The number of esters is 1. The van der Waals surface area contributed by atoms with Gasteiger partial charge in [-0.3, -0.25) is 4.79 Å². The van der Waals surface area contributed by atoms with E-state index in [0.29, 0.717) is 6.42 Å². The molecule has 3 heteroatoms. The number of hydrogen-bond acceptors (Lipinski definition) is 3. The van der Waals surface area contributed by atoms with E-state index < -0.39 is 0 Å². The highest BCUT2D eigenvalue weighted by molar-refractivity contribution is 5.66. The minimum absolute atomic E-state index is 0.0805. The Morgan fingerprint density at radius 1 is 1.40 bits per heavy atom. The van der Waals surface area contributed by atoms with Crippen LogP contribution < -0.4 is 0 Å². The standard InChI is InChI=1S/C12H22O3/c1-9(6-7-13)8-11(12(3,4)5)15-10(2)14/h7,9,11H,6,8H2,1-5H3. The molecule has 0 aliphatic heterocycles. The van der Waals surface area contributed by atoms with E-state index in [1.165, 1.54) is 6.92 Å². The van der Waals surface area contributed by atoms with Crippen LogP contribution in [0.2, 0.25) is 0 Å². The molecule has 0 aromatic carbocycles. The third kappa shape index (κ3) is 6.26. The summed E-state index contributed by atoms with van der Waals surface area (Å²) < 4.78 is 5.28. The first kappa shape index (κ1) is 14.1.